The number of fused-ring (bicyclic) bond motifs is 1. The summed E-state index contributed by atoms with van der Waals surface area (Å²) in [5.74, 6) is -1.05. The van der Waals surface area contributed by atoms with Gasteiger partial charge in [0.25, 0.3) is 5.91 Å². The molecular formula is C21H24N2O5S. The monoisotopic (exact) mass is 416 g/mol. The first kappa shape index (κ1) is 20.9. The minimum atomic E-state index is -3.37. The first-order valence-corrected chi connectivity index (χ1v) is 11.2. The normalized spacial score (nSPS) is 13.6. The number of nitrogens with one attached hydrogen (secondary N) is 1. The summed E-state index contributed by atoms with van der Waals surface area (Å²) in [6.45, 7) is 3.88. The highest BCUT2D eigenvalue weighted by molar-refractivity contribution is 7.92. The molecule has 2 aromatic rings. The van der Waals surface area contributed by atoms with Gasteiger partial charge in [0.1, 0.15) is 0 Å². The molecule has 0 fully saturated rings. The van der Waals surface area contributed by atoms with E-state index in [-0.39, 0.29) is 0 Å². The van der Waals surface area contributed by atoms with Crippen LogP contribution in [0.3, 0.4) is 0 Å². The van der Waals surface area contributed by atoms with Gasteiger partial charge in [-0.1, -0.05) is 12.1 Å². The maximum absolute atomic E-state index is 12.4. The Hall–Kier alpha value is -2.87. The molecule has 0 unspecified atom stereocenters. The lowest BCUT2D eigenvalue weighted by atomic mass is 10.0. The van der Waals surface area contributed by atoms with Gasteiger partial charge in [0.2, 0.25) is 10.0 Å². The summed E-state index contributed by atoms with van der Waals surface area (Å²) >= 11 is 0. The zero-order valence-electron chi connectivity index (χ0n) is 16.7. The lowest BCUT2D eigenvalue weighted by Crippen LogP contribution is -2.34. The molecule has 0 aromatic heterocycles. The molecule has 0 radical (unpaired) electrons. The summed E-state index contributed by atoms with van der Waals surface area (Å²) < 4.78 is 30.3. The molecule has 3 rings (SSSR count). The van der Waals surface area contributed by atoms with Crippen molar-refractivity contribution in [2.75, 3.05) is 29.0 Å². The van der Waals surface area contributed by atoms with Gasteiger partial charge in [0.15, 0.2) is 6.61 Å². The van der Waals surface area contributed by atoms with Crippen molar-refractivity contribution in [2.24, 2.45) is 0 Å². The van der Waals surface area contributed by atoms with Crippen LogP contribution in [0.1, 0.15) is 33.5 Å². The fraction of sp³-hybridized carbons (Fsp3) is 0.333. The van der Waals surface area contributed by atoms with Gasteiger partial charge >= 0.3 is 5.97 Å². The number of nitrogens with zero attached hydrogens (tertiary/aromatic N) is 1. The zero-order valence-corrected chi connectivity index (χ0v) is 17.5. The molecule has 7 nitrogen and oxygen atoms in total. The van der Waals surface area contributed by atoms with Crippen LogP contribution in [0.5, 0.6) is 0 Å². The highest BCUT2D eigenvalue weighted by Crippen LogP contribution is 2.30. The topological polar surface area (TPSA) is 92.8 Å². The number of rotatable bonds is 5. The van der Waals surface area contributed by atoms with E-state index in [1.54, 1.807) is 18.2 Å². The summed E-state index contributed by atoms with van der Waals surface area (Å²) in [6, 6.07) is 10.4. The number of esters is 1. The van der Waals surface area contributed by atoms with Crippen LogP contribution in [0.15, 0.2) is 36.4 Å². The third-order valence-corrected chi connectivity index (χ3v) is 6.18. The largest absolute Gasteiger partial charge is 0.452 e. The van der Waals surface area contributed by atoms with Crippen molar-refractivity contribution >= 4 is 33.3 Å². The first-order valence-electron chi connectivity index (χ1n) is 9.30. The minimum Gasteiger partial charge on any atom is -0.452 e. The highest BCUT2D eigenvalue weighted by atomic mass is 32.2. The molecule has 1 amide bonds. The Morgan fingerprint density at radius 2 is 1.93 bits per heavy atom. The van der Waals surface area contributed by atoms with Crippen molar-refractivity contribution in [1.29, 1.82) is 0 Å². The predicted molar refractivity (Wildman–Crippen MR) is 112 cm³/mol. The zero-order chi connectivity index (χ0) is 21.2. The van der Waals surface area contributed by atoms with Crippen LogP contribution in [0, 0.1) is 13.8 Å². The number of carbonyl (C=O) groups is 2. The van der Waals surface area contributed by atoms with Gasteiger partial charge in [0, 0.05) is 12.2 Å². The average molecular weight is 416 g/mol. The number of hydrogen-bond acceptors (Lipinski definition) is 5. The SMILES string of the molecule is Cc1cccc(NC(=O)COC(=O)c2ccc3c(c2)CCCN3S(C)(=O)=O)c1C. The Balaban J connectivity index is 1.65. The fourth-order valence-electron chi connectivity index (χ4n) is 3.32. The molecule has 154 valence electrons. The first-order chi connectivity index (χ1) is 13.7. The molecule has 0 saturated carbocycles. The smallest absolute Gasteiger partial charge is 0.338 e. The third-order valence-electron chi connectivity index (χ3n) is 5.00. The molecule has 0 aliphatic carbocycles. The van der Waals surface area contributed by atoms with Crippen molar-refractivity contribution in [3.05, 3.63) is 58.7 Å². The van der Waals surface area contributed by atoms with Gasteiger partial charge < -0.3 is 10.1 Å². The lowest BCUT2D eigenvalue weighted by Gasteiger charge is -2.29. The second-order valence-electron chi connectivity index (χ2n) is 7.15. The van der Waals surface area contributed by atoms with Gasteiger partial charge in [0.05, 0.1) is 17.5 Å². The average Bonchev–Trinajstić information content (AvgIpc) is 2.68. The second kappa shape index (κ2) is 8.24. The van der Waals surface area contributed by atoms with Gasteiger partial charge in [-0.25, -0.2) is 13.2 Å². The van der Waals surface area contributed by atoms with E-state index in [1.165, 1.54) is 16.6 Å². The lowest BCUT2D eigenvalue weighted by molar-refractivity contribution is -0.119. The number of aryl methyl sites for hydroxylation is 2. The molecule has 2 aromatic carbocycles. The van der Waals surface area contributed by atoms with E-state index in [9.17, 15) is 18.0 Å². The summed E-state index contributed by atoms with van der Waals surface area (Å²) in [4.78, 5) is 24.5. The molecule has 1 aliphatic rings. The Kier molecular flexibility index (Phi) is 5.93. The predicted octanol–water partition coefficient (Wildman–Crippen LogP) is 2.81. The van der Waals surface area contributed by atoms with Crippen LogP contribution >= 0.6 is 0 Å². The van der Waals surface area contributed by atoms with E-state index in [0.717, 1.165) is 16.7 Å². The quantitative estimate of drug-likeness (QED) is 0.757. The molecule has 0 atom stereocenters. The second-order valence-corrected chi connectivity index (χ2v) is 9.06. The number of carbonyl (C=O) groups excluding carboxylic acids is 2. The van der Waals surface area contributed by atoms with Crippen LogP contribution in [-0.4, -0.2) is 39.7 Å². The molecule has 0 saturated heterocycles. The van der Waals surface area contributed by atoms with E-state index in [1.807, 2.05) is 26.0 Å². The summed E-state index contributed by atoms with van der Waals surface area (Å²) in [5, 5.41) is 2.74. The van der Waals surface area contributed by atoms with Gasteiger partial charge in [-0.15, -0.1) is 0 Å². The Morgan fingerprint density at radius 3 is 2.66 bits per heavy atom. The van der Waals surface area contributed by atoms with Crippen LogP contribution in [0.4, 0.5) is 11.4 Å². The van der Waals surface area contributed by atoms with E-state index >= 15 is 0 Å². The van der Waals surface area contributed by atoms with Crippen molar-refractivity contribution in [1.82, 2.24) is 0 Å². The van der Waals surface area contributed by atoms with Gasteiger partial charge in [-0.05, 0) is 67.6 Å². The highest BCUT2D eigenvalue weighted by Gasteiger charge is 2.25. The Bertz CT molecular complexity index is 1060. The van der Waals surface area contributed by atoms with Crippen LogP contribution in [0.25, 0.3) is 0 Å². The maximum atomic E-state index is 12.4. The van der Waals surface area contributed by atoms with Crippen molar-refractivity contribution in [3.63, 3.8) is 0 Å². The number of benzene rings is 2. The number of ether oxygens (including phenoxy) is 1. The van der Waals surface area contributed by atoms with E-state index in [2.05, 4.69) is 5.32 Å². The van der Waals surface area contributed by atoms with Crippen molar-refractivity contribution in [3.8, 4) is 0 Å². The van der Waals surface area contributed by atoms with Crippen molar-refractivity contribution < 1.29 is 22.7 Å². The summed E-state index contributed by atoms with van der Waals surface area (Å²) in [6.07, 6.45) is 2.52. The van der Waals surface area contributed by atoms with Crippen molar-refractivity contribution in [2.45, 2.75) is 26.7 Å². The minimum absolute atomic E-state index is 0.290. The van der Waals surface area contributed by atoms with Crippen LogP contribution < -0.4 is 9.62 Å². The fourth-order valence-corrected chi connectivity index (χ4v) is 4.32. The molecule has 0 spiro atoms. The van der Waals surface area contributed by atoms with Gasteiger partial charge in [-0.2, -0.15) is 0 Å². The number of sulfonamides is 1. The molecule has 1 aliphatic heterocycles. The maximum Gasteiger partial charge on any atom is 0.338 e. The van der Waals surface area contributed by atoms with Crippen LogP contribution in [0.2, 0.25) is 0 Å². The number of anilines is 2. The summed E-state index contributed by atoms with van der Waals surface area (Å²) in [5.41, 5.74) is 4.34. The van der Waals surface area contributed by atoms with Gasteiger partial charge in [-0.3, -0.25) is 9.10 Å². The molecule has 1 N–H and O–H groups in total. The Morgan fingerprint density at radius 1 is 1.17 bits per heavy atom. The standard InChI is InChI=1S/C21H24N2O5S/c1-14-6-4-8-18(15(14)2)22-20(24)13-28-21(25)17-9-10-19-16(12-17)7-5-11-23(19)29(3,26)27/h4,6,8-10,12H,5,7,11,13H2,1-3H3,(H,22,24). The summed E-state index contributed by atoms with van der Waals surface area (Å²) in [7, 11) is -3.37. The number of amides is 1. The third kappa shape index (κ3) is 4.76. The number of hydrogen-bond donors (Lipinski definition) is 1. The molecule has 0 bridgehead atoms. The molecule has 8 heteroatoms. The molecule has 1 heterocycles. The molecule has 29 heavy (non-hydrogen) atoms. The Labute approximate surface area is 170 Å². The van der Waals surface area contributed by atoms with E-state index in [0.29, 0.717) is 36.3 Å². The van der Waals surface area contributed by atoms with Crippen LogP contribution in [-0.2, 0) is 26.0 Å². The molecular weight excluding hydrogens is 392 g/mol. The van der Waals surface area contributed by atoms with E-state index in [4.69, 9.17) is 4.74 Å². The van der Waals surface area contributed by atoms with E-state index < -0.39 is 28.5 Å².